The summed E-state index contributed by atoms with van der Waals surface area (Å²) in [5.74, 6) is -1.40. The Hall–Kier alpha value is -1.91. The van der Waals surface area contributed by atoms with Gasteiger partial charge in [0.25, 0.3) is 0 Å². The van der Waals surface area contributed by atoms with Gasteiger partial charge in [0.15, 0.2) is 0 Å². The average Bonchev–Trinajstić information content (AvgIpc) is 2.67. The summed E-state index contributed by atoms with van der Waals surface area (Å²) in [7, 11) is 0. The molecule has 1 aliphatic heterocycles. The maximum absolute atomic E-state index is 12.2. The van der Waals surface area contributed by atoms with Crippen LogP contribution in [-0.4, -0.2) is 33.4 Å². The first-order valence-electron chi connectivity index (χ1n) is 6.84. The van der Waals surface area contributed by atoms with Gasteiger partial charge in [-0.15, -0.1) is 0 Å². The smallest absolute Gasteiger partial charge is 0.309 e. The number of aliphatic carboxylic acids is 1. The van der Waals surface area contributed by atoms with E-state index in [9.17, 15) is 14.7 Å². The molecule has 0 saturated carbocycles. The van der Waals surface area contributed by atoms with Crippen molar-refractivity contribution in [1.82, 2.24) is 9.88 Å². The van der Waals surface area contributed by atoms with E-state index < -0.39 is 17.9 Å². The number of carbonyl (C=O) groups excluding carboxylic acids is 1. The van der Waals surface area contributed by atoms with Crippen LogP contribution < -0.4 is 0 Å². The van der Waals surface area contributed by atoms with Gasteiger partial charge in [-0.2, -0.15) is 0 Å². The monoisotopic (exact) mass is 276 g/mol. The molecule has 2 rings (SSSR count). The molecule has 20 heavy (non-hydrogen) atoms. The highest BCUT2D eigenvalue weighted by atomic mass is 16.4. The SMILES string of the molecule is Cc1ccncc1C1C(C(=O)O)CC(=O)N1CC(C)C. The highest BCUT2D eigenvalue weighted by Gasteiger charge is 2.45. The molecule has 1 saturated heterocycles. The number of pyridine rings is 1. The predicted molar refractivity (Wildman–Crippen MR) is 74.0 cm³/mol. The van der Waals surface area contributed by atoms with Crippen LogP contribution in [0.2, 0.25) is 0 Å². The van der Waals surface area contributed by atoms with E-state index in [1.165, 1.54) is 0 Å². The molecule has 2 heterocycles. The minimum Gasteiger partial charge on any atom is -0.481 e. The van der Waals surface area contributed by atoms with Gasteiger partial charge in [0.2, 0.25) is 5.91 Å². The Labute approximate surface area is 118 Å². The summed E-state index contributed by atoms with van der Waals surface area (Å²) in [6, 6.07) is 1.45. The highest BCUT2D eigenvalue weighted by molar-refractivity contribution is 5.87. The van der Waals surface area contributed by atoms with Gasteiger partial charge < -0.3 is 10.0 Å². The lowest BCUT2D eigenvalue weighted by molar-refractivity contribution is -0.142. The van der Waals surface area contributed by atoms with E-state index in [-0.39, 0.29) is 12.3 Å². The van der Waals surface area contributed by atoms with Crippen LogP contribution in [0.3, 0.4) is 0 Å². The number of aromatic nitrogens is 1. The number of hydrogen-bond acceptors (Lipinski definition) is 3. The van der Waals surface area contributed by atoms with Crippen LogP contribution in [0.1, 0.15) is 37.4 Å². The first-order valence-corrected chi connectivity index (χ1v) is 6.84. The fraction of sp³-hybridized carbons (Fsp3) is 0.533. The lowest BCUT2D eigenvalue weighted by Crippen LogP contribution is -2.34. The maximum atomic E-state index is 12.2. The second-order valence-corrected chi connectivity index (χ2v) is 5.77. The molecule has 0 aromatic carbocycles. The number of nitrogens with zero attached hydrogens (tertiary/aromatic N) is 2. The van der Waals surface area contributed by atoms with Gasteiger partial charge in [-0.25, -0.2) is 0 Å². The Morgan fingerprint density at radius 3 is 2.80 bits per heavy atom. The molecule has 1 fully saturated rings. The molecule has 5 nitrogen and oxygen atoms in total. The molecule has 108 valence electrons. The number of carbonyl (C=O) groups is 2. The molecule has 1 amide bonds. The molecule has 1 aliphatic rings. The molecule has 0 radical (unpaired) electrons. The summed E-state index contributed by atoms with van der Waals surface area (Å²) in [5, 5.41) is 9.41. The summed E-state index contributed by atoms with van der Waals surface area (Å²) < 4.78 is 0. The van der Waals surface area contributed by atoms with Gasteiger partial charge >= 0.3 is 5.97 Å². The zero-order chi connectivity index (χ0) is 14.9. The van der Waals surface area contributed by atoms with Crippen LogP contribution in [0.4, 0.5) is 0 Å². The zero-order valence-corrected chi connectivity index (χ0v) is 12.0. The van der Waals surface area contributed by atoms with Crippen LogP contribution in [0.25, 0.3) is 0 Å². The van der Waals surface area contributed by atoms with Crippen molar-refractivity contribution in [2.75, 3.05) is 6.54 Å². The van der Waals surface area contributed by atoms with E-state index >= 15 is 0 Å². The summed E-state index contributed by atoms with van der Waals surface area (Å²) in [6.07, 6.45) is 3.43. The van der Waals surface area contributed by atoms with Crippen molar-refractivity contribution in [2.45, 2.75) is 33.2 Å². The molecule has 1 aromatic rings. The van der Waals surface area contributed by atoms with Crippen molar-refractivity contribution < 1.29 is 14.7 Å². The first kappa shape index (κ1) is 14.5. The number of hydrogen-bond donors (Lipinski definition) is 1. The van der Waals surface area contributed by atoms with Crippen molar-refractivity contribution >= 4 is 11.9 Å². The van der Waals surface area contributed by atoms with Crippen LogP contribution in [0.5, 0.6) is 0 Å². The summed E-state index contributed by atoms with van der Waals surface area (Å²) in [5.41, 5.74) is 1.81. The van der Waals surface area contributed by atoms with Crippen molar-refractivity contribution in [3.05, 3.63) is 29.6 Å². The van der Waals surface area contributed by atoms with Crippen molar-refractivity contribution in [3.63, 3.8) is 0 Å². The van der Waals surface area contributed by atoms with Crippen LogP contribution >= 0.6 is 0 Å². The third-order valence-electron chi connectivity index (χ3n) is 3.71. The highest BCUT2D eigenvalue weighted by Crippen LogP contribution is 2.39. The Kier molecular flexibility index (Phi) is 4.06. The van der Waals surface area contributed by atoms with Crippen LogP contribution in [0.15, 0.2) is 18.5 Å². The molecular weight excluding hydrogens is 256 g/mol. The van der Waals surface area contributed by atoms with Gasteiger partial charge in [0.1, 0.15) is 0 Å². The topological polar surface area (TPSA) is 70.5 Å². The molecule has 0 spiro atoms. The van der Waals surface area contributed by atoms with E-state index in [0.29, 0.717) is 12.5 Å². The minimum absolute atomic E-state index is 0.0705. The fourth-order valence-electron chi connectivity index (χ4n) is 2.79. The Morgan fingerprint density at radius 1 is 1.55 bits per heavy atom. The second kappa shape index (κ2) is 5.61. The maximum Gasteiger partial charge on any atom is 0.309 e. The third-order valence-corrected chi connectivity index (χ3v) is 3.71. The molecule has 1 aromatic heterocycles. The summed E-state index contributed by atoms with van der Waals surface area (Å²) in [6.45, 7) is 6.54. The van der Waals surface area contributed by atoms with Crippen molar-refractivity contribution in [2.24, 2.45) is 11.8 Å². The summed E-state index contributed by atoms with van der Waals surface area (Å²) >= 11 is 0. The average molecular weight is 276 g/mol. The molecule has 2 atom stereocenters. The number of rotatable bonds is 4. The first-order chi connectivity index (χ1) is 9.41. The lowest BCUT2D eigenvalue weighted by atomic mass is 9.92. The predicted octanol–water partition coefficient (Wildman–Crippen LogP) is 2.02. The molecule has 5 heteroatoms. The third kappa shape index (κ3) is 2.66. The zero-order valence-electron chi connectivity index (χ0n) is 12.0. The van der Waals surface area contributed by atoms with Gasteiger partial charge in [-0.3, -0.25) is 14.6 Å². The lowest BCUT2D eigenvalue weighted by Gasteiger charge is -2.29. The van der Waals surface area contributed by atoms with Crippen LogP contribution in [-0.2, 0) is 9.59 Å². The van der Waals surface area contributed by atoms with Crippen molar-refractivity contribution in [1.29, 1.82) is 0 Å². The van der Waals surface area contributed by atoms with Gasteiger partial charge in [-0.05, 0) is 30.0 Å². The fourth-order valence-corrected chi connectivity index (χ4v) is 2.79. The minimum atomic E-state index is -0.919. The van der Waals surface area contributed by atoms with Gasteiger partial charge in [-0.1, -0.05) is 13.8 Å². The van der Waals surface area contributed by atoms with Crippen molar-refractivity contribution in [3.8, 4) is 0 Å². The van der Waals surface area contributed by atoms with E-state index in [4.69, 9.17) is 0 Å². The molecule has 0 aliphatic carbocycles. The standard InChI is InChI=1S/C15H20N2O3/c1-9(2)8-17-13(18)6-11(15(19)20)14(17)12-7-16-5-4-10(12)3/h4-5,7,9,11,14H,6,8H2,1-3H3,(H,19,20). The van der Waals surface area contributed by atoms with E-state index in [1.807, 2.05) is 26.8 Å². The van der Waals surface area contributed by atoms with E-state index in [1.54, 1.807) is 17.3 Å². The van der Waals surface area contributed by atoms with E-state index in [2.05, 4.69) is 4.98 Å². The van der Waals surface area contributed by atoms with Gasteiger partial charge in [0.05, 0.1) is 12.0 Å². The van der Waals surface area contributed by atoms with Gasteiger partial charge in [0, 0.05) is 25.4 Å². The summed E-state index contributed by atoms with van der Waals surface area (Å²) in [4.78, 5) is 29.4. The number of likely N-dealkylation sites (tertiary alicyclic amines) is 1. The molecule has 2 unspecified atom stereocenters. The Bertz CT molecular complexity index is 528. The largest absolute Gasteiger partial charge is 0.481 e. The quantitative estimate of drug-likeness (QED) is 0.913. The molecule has 1 N–H and O–H groups in total. The normalized spacial score (nSPS) is 22.6. The number of amides is 1. The number of carboxylic acids is 1. The number of aryl methyl sites for hydroxylation is 1. The van der Waals surface area contributed by atoms with Crippen LogP contribution in [0, 0.1) is 18.8 Å². The second-order valence-electron chi connectivity index (χ2n) is 5.77. The molecule has 0 bridgehead atoms. The Morgan fingerprint density at radius 2 is 2.25 bits per heavy atom. The van der Waals surface area contributed by atoms with E-state index in [0.717, 1.165) is 11.1 Å². The Balaban J connectivity index is 2.43. The number of carboxylic acid groups (broad SMARTS) is 1. The molecular formula is C15H20N2O3.